The Labute approximate surface area is 182 Å². The van der Waals surface area contributed by atoms with Gasteiger partial charge in [0.15, 0.2) is 5.96 Å². The van der Waals surface area contributed by atoms with Gasteiger partial charge in [-0.1, -0.05) is 33.3 Å². The molecule has 0 radical (unpaired) electrons. The number of pyridine rings is 1. The van der Waals surface area contributed by atoms with Crippen molar-refractivity contribution >= 4 is 29.9 Å². The molecule has 1 aliphatic heterocycles. The average molecular weight is 487 g/mol. The van der Waals surface area contributed by atoms with E-state index in [2.05, 4.69) is 52.3 Å². The fourth-order valence-corrected chi connectivity index (χ4v) is 3.90. The molecule has 0 aliphatic carbocycles. The van der Waals surface area contributed by atoms with Gasteiger partial charge in [-0.05, 0) is 43.4 Å². The van der Waals surface area contributed by atoms with Gasteiger partial charge in [0, 0.05) is 51.0 Å². The highest BCUT2D eigenvalue weighted by Gasteiger charge is 2.20. The van der Waals surface area contributed by atoms with Gasteiger partial charge in [0.1, 0.15) is 0 Å². The number of nitrogens with zero attached hydrogens (tertiary/aromatic N) is 3. The Morgan fingerprint density at radius 2 is 2.15 bits per heavy atom. The Kier molecular flexibility index (Phi) is 11.9. The molecule has 2 atom stereocenters. The minimum Gasteiger partial charge on any atom is -0.356 e. The van der Waals surface area contributed by atoms with E-state index in [1.165, 1.54) is 37.8 Å². The van der Waals surface area contributed by atoms with Crippen molar-refractivity contribution in [1.29, 1.82) is 0 Å². The maximum absolute atomic E-state index is 4.40. The van der Waals surface area contributed by atoms with Crippen LogP contribution in [0.3, 0.4) is 0 Å². The Balaban J connectivity index is 0.00000364. The standard InChI is InChI=1S/C21H37N5.HI/c1-5-19-10-6-7-13-26(19)14-12-24-21(22-4)25-16-20(17(2)3)18-9-8-11-23-15-18;/h8-9,11,15,17,19-20H,5-7,10,12-14,16H2,1-4H3,(H2,22,24,25);1H. The molecule has 1 aliphatic rings. The van der Waals surface area contributed by atoms with Crippen molar-refractivity contribution in [3.8, 4) is 0 Å². The molecule has 2 heterocycles. The fraction of sp³-hybridized carbons (Fsp3) is 0.714. The third kappa shape index (κ3) is 7.94. The normalized spacial score (nSPS) is 19.4. The monoisotopic (exact) mass is 487 g/mol. The number of likely N-dealkylation sites (tertiary alicyclic amines) is 1. The zero-order valence-corrected chi connectivity index (χ0v) is 19.8. The van der Waals surface area contributed by atoms with Crippen LogP contribution in [0.4, 0.5) is 0 Å². The Morgan fingerprint density at radius 3 is 2.78 bits per heavy atom. The molecule has 2 unspecified atom stereocenters. The lowest BCUT2D eigenvalue weighted by molar-refractivity contribution is 0.147. The zero-order chi connectivity index (χ0) is 18.8. The molecule has 0 amide bonds. The molecule has 0 saturated carbocycles. The van der Waals surface area contributed by atoms with Crippen molar-refractivity contribution in [3.63, 3.8) is 0 Å². The second-order valence-corrected chi connectivity index (χ2v) is 7.61. The molecular formula is C21H38IN5. The first-order valence-electron chi connectivity index (χ1n) is 10.2. The summed E-state index contributed by atoms with van der Waals surface area (Å²) in [6, 6.07) is 4.94. The second-order valence-electron chi connectivity index (χ2n) is 7.61. The lowest BCUT2D eigenvalue weighted by Crippen LogP contribution is -2.46. The van der Waals surface area contributed by atoms with Crippen LogP contribution in [0.1, 0.15) is 57.9 Å². The molecule has 2 rings (SSSR count). The van der Waals surface area contributed by atoms with E-state index in [9.17, 15) is 0 Å². The van der Waals surface area contributed by atoms with Gasteiger partial charge in [0.05, 0.1) is 0 Å². The van der Waals surface area contributed by atoms with Crippen LogP contribution in [-0.2, 0) is 0 Å². The van der Waals surface area contributed by atoms with E-state index in [4.69, 9.17) is 0 Å². The molecule has 6 heteroatoms. The summed E-state index contributed by atoms with van der Waals surface area (Å²) in [5.74, 6) is 1.86. The minimum absolute atomic E-state index is 0. The molecule has 5 nitrogen and oxygen atoms in total. The Morgan fingerprint density at radius 1 is 1.33 bits per heavy atom. The molecule has 1 saturated heterocycles. The van der Waals surface area contributed by atoms with Crippen LogP contribution in [0.2, 0.25) is 0 Å². The van der Waals surface area contributed by atoms with E-state index in [1.54, 1.807) is 0 Å². The van der Waals surface area contributed by atoms with Crippen molar-refractivity contribution < 1.29 is 0 Å². The van der Waals surface area contributed by atoms with E-state index in [0.717, 1.165) is 31.6 Å². The number of aliphatic imine (C=N–C) groups is 1. The summed E-state index contributed by atoms with van der Waals surface area (Å²) in [5.41, 5.74) is 1.28. The highest BCUT2D eigenvalue weighted by atomic mass is 127. The SMILES string of the molecule is CCC1CCCCN1CCNC(=NC)NCC(c1cccnc1)C(C)C.I. The molecule has 0 aromatic carbocycles. The number of rotatable bonds is 8. The summed E-state index contributed by atoms with van der Waals surface area (Å²) in [5, 5.41) is 6.99. The Hall–Kier alpha value is -0.890. The van der Waals surface area contributed by atoms with Crippen molar-refractivity contribution in [2.75, 3.05) is 33.2 Å². The van der Waals surface area contributed by atoms with Gasteiger partial charge in [-0.15, -0.1) is 24.0 Å². The summed E-state index contributed by atoms with van der Waals surface area (Å²) in [6.07, 6.45) is 9.14. The van der Waals surface area contributed by atoms with Crippen molar-refractivity contribution in [3.05, 3.63) is 30.1 Å². The molecule has 0 spiro atoms. The van der Waals surface area contributed by atoms with E-state index in [-0.39, 0.29) is 24.0 Å². The quantitative estimate of drug-likeness (QED) is 0.332. The highest BCUT2D eigenvalue weighted by molar-refractivity contribution is 14.0. The number of nitrogens with one attached hydrogen (secondary N) is 2. The van der Waals surface area contributed by atoms with E-state index < -0.39 is 0 Å². The van der Waals surface area contributed by atoms with Gasteiger partial charge in [0.25, 0.3) is 0 Å². The van der Waals surface area contributed by atoms with Crippen LogP contribution in [0, 0.1) is 5.92 Å². The van der Waals surface area contributed by atoms with Gasteiger partial charge in [-0.25, -0.2) is 0 Å². The second kappa shape index (κ2) is 13.3. The van der Waals surface area contributed by atoms with E-state index in [0.29, 0.717) is 11.8 Å². The van der Waals surface area contributed by atoms with Gasteiger partial charge in [-0.3, -0.25) is 14.9 Å². The lowest BCUT2D eigenvalue weighted by Gasteiger charge is -2.35. The van der Waals surface area contributed by atoms with Crippen LogP contribution < -0.4 is 10.6 Å². The fourth-order valence-electron chi connectivity index (χ4n) is 3.90. The van der Waals surface area contributed by atoms with Crippen LogP contribution >= 0.6 is 24.0 Å². The number of piperidine rings is 1. The van der Waals surface area contributed by atoms with Crippen molar-refractivity contribution in [2.24, 2.45) is 10.9 Å². The van der Waals surface area contributed by atoms with Crippen molar-refractivity contribution in [2.45, 2.75) is 58.4 Å². The number of hydrogen-bond acceptors (Lipinski definition) is 3. The number of aromatic nitrogens is 1. The minimum atomic E-state index is 0. The smallest absolute Gasteiger partial charge is 0.191 e. The molecule has 2 N–H and O–H groups in total. The first-order valence-corrected chi connectivity index (χ1v) is 10.2. The number of guanidine groups is 1. The molecule has 1 fully saturated rings. The summed E-state index contributed by atoms with van der Waals surface area (Å²) in [4.78, 5) is 11.3. The highest BCUT2D eigenvalue weighted by Crippen LogP contribution is 2.22. The molecule has 1 aromatic rings. The van der Waals surface area contributed by atoms with E-state index in [1.807, 2.05) is 25.5 Å². The van der Waals surface area contributed by atoms with Crippen LogP contribution in [-0.4, -0.2) is 55.1 Å². The third-order valence-electron chi connectivity index (χ3n) is 5.54. The van der Waals surface area contributed by atoms with Gasteiger partial charge in [-0.2, -0.15) is 0 Å². The van der Waals surface area contributed by atoms with Crippen LogP contribution in [0.15, 0.2) is 29.5 Å². The lowest BCUT2D eigenvalue weighted by atomic mass is 9.89. The van der Waals surface area contributed by atoms with Crippen LogP contribution in [0.25, 0.3) is 0 Å². The predicted molar refractivity (Wildman–Crippen MR) is 126 cm³/mol. The predicted octanol–water partition coefficient (Wildman–Crippen LogP) is 3.87. The largest absolute Gasteiger partial charge is 0.356 e. The number of hydrogen-bond donors (Lipinski definition) is 2. The zero-order valence-electron chi connectivity index (χ0n) is 17.4. The molecule has 27 heavy (non-hydrogen) atoms. The van der Waals surface area contributed by atoms with Crippen molar-refractivity contribution in [1.82, 2.24) is 20.5 Å². The average Bonchev–Trinajstić information content (AvgIpc) is 2.67. The first-order chi connectivity index (χ1) is 12.7. The summed E-state index contributed by atoms with van der Waals surface area (Å²) in [6.45, 7) is 11.0. The Bertz CT molecular complexity index is 535. The van der Waals surface area contributed by atoms with E-state index >= 15 is 0 Å². The number of halogens is 1. The summed E-state index contributed by atoms with van der Waals surface area (Å²) in [7, 11) is 1.85. The molecule has 154 valence electrons. The molecular weight excluding hydrogens is 449 g/mol. The topological polar surface area (TPSA) is 52.5 Å². The first kappa shape index (κ1) is 24.1. The van der Waals surface area contributed by atoms with Crippen LogP contribution in [0.5, 0.6) is 0 Å². The molecule has 0 bridgehead atoms. The summed E-state index contributed by atoms with van der Waals surface area (Å²) >= 11 is 0. The van der Waals surface area contributed by atoms with Gasteiger partial charge in [0.2, 0.25) is 0 Å². The maximum atomic E-state index is 4.40. The van der Waals surface area contributed by atoms with Gasteiger partial charge < -0.3 is 10.6 Å². The maximum Gasteiger partial charge on any atom is 0.191 e. The third-order valence-corrected chi connectivity index (χ3v) is 5.54. The van der Waals surface area contributed by atoms with Gasteiger partial charge >= 0.3 is 0 Å². The molecule has 1 aromatic heterocycles. The summed E-state index contributed by atoms with van der Waals surface area (Å²) < 4.78 is 0.